The molecule has 6 rings (SSSR count). The minimum absolute atomic E-state index is 0.991. The molecule has 0 fully saturated rings. The van der Waals surface area contributed by atoms with Crippen molar-refractivity contribution >= 4 is 50.6 Å². The van der Waals surface area contributed by atoms with E-state index in [-0.39, 0.29) is 0 Å². The van der Waals surface area contributed by atoms with Crippen LogP contribution in [-0.2, 0) is 7.05 Å². The summed E-state index contributed by atoms with van der Waals surface area (Å²) in [6.45, 7) is 9.30. The smallest absolute Gasteiger partial charge is 0.228 e. The SMILES string of the molecule is Cc1c2c(c(C)c3sccc13)-c1c3c(cc([Si](C)(C)c4ccccc4)cc3cc[n+]1C)O2. The second kappa shape index (κ2) is 6.77. The molecular formula is C28H26NOSSi+. The molecule has 0 radical (unpaired) electrons. The molecular weight excluding hydrogens is 426 g/mol. The summed E-state index contributed by atoms with van der Waals surface area (Å²) in [5.41, 5.74) is 5.05. The van der Waals surface area contributed by atoms with Crippen molar-refractivity contribution in [2.24, 2.45) is 7.05 Å². The highest BCUT2D eigenvalue weighted by Gasteiger charge is 2.34. The van der Waals surface area contributed by atoms with Crippen LogP contribution in [0.1, 0.15) is 11.1 Å². The van der Waals surface area contributed by atoms with Crippen molar-refractivity contribution in [1.82, 2.24) is 0 Å². The summed E-state index contributed by atoms with van der Waals surface area (Å²) in [6.07, 6.45) is 2.20. The summed E-state index contributed by atoms with van der Waals surface area (Å²) < 4.78 is 10.4. The Kier molecular flexibility index (Phi) is 4.17. The van der Waals surface area contributed by atoms with Crippen molar-refractivity contribution in [2.75, 3.05) is 0 Å². The summed E-state index contributed by atoms with van der Waals surface area (Å²) in [4.78, 5) is 0. The number of fused-ring (bicyclic) bond motifs is 3. The van der Waals surface area contributed by atoms with E-state index in [1.807, 2.05) is 11.3 Å². The lowest BCUT2D eigenvalue weighted by atomic mass is 9.92. The van der Waals surface area contributed by atoms with Crippen molar-refractivity contribution in [2.45, 2.75) is 26.9 Å². The Morgan fingerprint density at radius 1 is 0.906 bits per heavy atom. The highest BCUT2D eigenvalue weighted by molar-refractivity contribution is 7.17. The average molecular weight is 453 g/mol. The van der Waals surface area contributed by atoms with Gasteiger partial charge in [0.1, 0.15) is 26.6 Å². The number of pyridine rings is 1. The van der Waals surface area contributed by atoms with E-state index in [2.05, 4.69) is 105 Å². The van der Waals surface area contributed by atoms with Crippen LogP contribution in [-0.4, -0.2) is 8.07 Å². The van der Waals surface area contributed by atoms with Gasteiger partial charge in [0.05, 0.1) is 10.9 Å². The average Bonchev–Trinajstić information content (AvgIpc) is 3.30. The van der Waals surface area contributed by atoms with Crippen molar-refractivity contribution in [3.05, 3.63) is 77.3 Å². The van der Waals surface area contributed by atoms with Gasteiger partial charge in [-0.05, 0) is 47.7 Å². The first-order valence-corrected chi connectivity index (χ1v) is 15.0. The van der Waals surface area contributed by atoms with Crippen LogP contribution < -0.4 is 19.7 Å². The predicted molar refractivity (Wildman–Crippen MR) is 139 cm³/mol. The van der Waals surface area contributed by atoms with Gasteiger partial charge in [-0.25, -0.2) is 4.57 Å². The number of rotatable bonds is 2. The fourth-order valence-electron chi connectivity index (χ4n) is 5.24. The molecule has 2 nitrogen and oxygen atoms in total. The number of hydrogen-bond acceptors (Lipinski definition) is 2. The van der Waals surface area contributed by atoms with Gasteiger partial charge in [-0.2, -0.15) is 0 Å². The molecule has 0 spiro atoms. The molecule has 0 saturated heterocycles. The highest BCUT2D eigenvalue weighted by Crippen LogP contribution is 2.50. The van der Waals surface area contributed by atoms with Crippen LogP contribution in [0, 0.1) is 13.8 Å². The van der Waals surface area contributed by atoms with Crippen molar-refractivity contribution in [3.8, 4) is 22.8 Å². The van der Waals surface area contributed by atoms with E-state index >= 15 is 0 Å². The Morgan fingerprint density at radius 3 is 2.47 bits per heavy atom. The molecule has 3 heterocycles. The second-order valence-corrected chi connectivity index (χ2v) is 14.7. The van der Waals surface area contributed by atoms with Crippen LogP contribution in [0.5, 0.6) is 11.5 Å². The summed E-state index contributed by atoms with van der Waals surface area (Å²) in [6, 6.07) is 20.1. The van der Waals surface area contributed by atoms with E-state index in [4.69, 9.17) is 4.74 Å². The number of aromatic nitrogens is 1. The molecule has 158 valence electrons. The Balaban J connectivity index is 1.68. The van der Waals surface area contributed by atoms with Crippen LogP contribution in [0.15, 0.2) is 66.2 Å². The number of thiophene rings is 1. The number of nitrogens with zero attached hydrogens (tertiary/aromatic N) is 1. The molecule has 5 aromatic rings. The molecule has 0 N–H and O–H groups in total. The van der Waals surface area contributed by atoms with Gasteiger partial charge in [0.15, 0.2) is 6.20 Å². The van der Waals surface area contributed by atoms with E-state index in [0.717, 1.165) is 11.5 Å². The molecule has 32 heavy (non-hydrogen) atoms. The first-order valence-electron chi connectivity index (χ1n) is 11.1. The Morgan fingerprint density at radius 2 is 1.69 bits per heavy atom. The molecule has 0 unspecified atom stereocenters. The van der Waals surface area contributed by atoms with Gasteiger partial charge >= 0.3 is 0 Å². The predicted octanol–water partition coefficient (Wildman–Crippen LogP) is 6.09. The third kappa shape index (κ3) is 2.60. The van der Waals surface area contributed by atoms with Gasteiger partial charge in [0, 0.05) is 16.3 Å². The summed E-state index contributed by atoms with van der Waals surface area (Å²) in [7, 11) is 0.289. The van der Waals surface area contributed by atoms with Gasteiger partial charge in [0.2, 0.25) is 5.69 Å². The van der Waals surface area contributed by atoms with Crippen LogP contribution in [0.25, 0.3) is 32.1 Å². The molecule has 0 aliphatic carbocycles. The van der Waals surface area contributed by atoms with Crippen LogP contribution >= 0.6 is 11.3 Å². The molecule has 3 aromatic carbocycles. The summed E-state index contributed by atoms with van der Waals surface area (Å²) in [5.74, 6) is 2.00. The second-order valence-electron chi connectivity index (χ2n) is 9.42. The van der Waals surface area contributed by atoms with Gasteiger partial charge in [-0.1, -0.05) is 59.9 Å². The zero-order valence-electron chi connectivity index (χ0n) is 19.1. The van der Waals surface area contributed by atoms with Gasteiger partial charge < -0.3 is 4.74 Å². The van der Waals surface area contributed by atoms with Crippen LogP contribution in [0.2, 0.25) is 13.1 Å². The minimum atomic E-state index is -1.86. The fourth-order valence-corrected chi connectivity index (χ4v) is 8.57. The lowest BCUT2D eigenvalue weighted by Crippen LogP contribution is -2.52. The Labute approximate surface area is 193 Å². The minimum Gasteiger partial charge on any atom is -0.455 e. The molecule has 1 aliphatic rings. The topological polar surface area (TPSA) is 13.1 Å². The van der Waals surface area contributed by atoms with Gasteiger partial charge in [-0.3, -0.25) is 0 Å². The molecule has 2 aromatic heterocycles. The maximum atomic E-state index is 6.78. The van der Waals surface area contributed by atoms with E-state index in [9.17, 15) is 0 Å². The van der Waals surface area contributed by atoms with E-state index < -0.39 is 8.07 Å². The molecule has 0 amide bonds. The molecule has 0 atom stereocenters. The van der Waals surface area contributed by atoms with Crippen LogP contribution in [0.3, 0.4) is 0 Å². The first-order chi connectivity index (χ1) is 15.4. The lowest BCUT2D eigenvalue weighted by Gasteiger charge is -2.27. The quantitative estimate of drug-likeness (QED) is 0.229. The molecule has 1 aliphatic heterocycles. The number of benzene rings is 3. The maximum Gasteiger partial charge on any atom is 0.228 e. The molecule has 0 saturated carbocycles. The Bertz CT molecular complexity index is 1550. The lowest BCUT2D eigenvalue weighted by molar-refractivity contribution is -0.659. The van der Waals surface area contributed by atoms with E-state index in [1.54, 1.807) is 0 Å². The maximum absolute atomic E-state index is 6.78. The number of hydrogen-bond donors (Lipinski definition) is 0. The molecule has 0 bridgehead atoms. The summed E-state index contributed by atoms with van der Waals surface area (Å²) >= 11 is 1.82. The summed E-state index contributed by atoms with van der Waals surface area (Å²) in [5, 5.41) is 8.82. The van der Waals surface area contributed by atoms with Crippen molar-refractivity contribution < 1.29 is 9.30 Å². The van der Waals surface area contributed by atoms with Crippen LogP contribution in [0.4, 0.5) is 0 Å². The van der Waals surface area contributed by atoms with E-state index in [0.29, 0.717) is 0 Å². The largest absolute Gasteiger partial charge is 0.455 e. The van der Waals surface area contributed by atoms with Crippen molar-refractivity contribution in [1.29, 1.82) is 0 Å². The van der Waals surface area contributed by atoms with Crippen molar-refractivity contribution in [3.63, 3.8) is 0 Å². The monoisotopic (exact) mass is 452 g/mol. The standard InChI is InChI=1S/C28H26NOSSi/c1-17-22-12-14-31-28(22)18(2)24-26-25-19(11-13-29(26)3)15-21(16-23(25)30-27(17)24)32(4,5)20-9-7-6-8-10-20/h6-16H,1-5H3/q+1. The third-order valence-corrected chi connectivity index (χ3v) is 11.8. The zero-order chi connectivity index (χ0) is 22.2. The molecule has 4 heteroatoms. The normalized spacial score (nSPS) is 12.8. The third-order valence-electron chi connectivity index (χ3n) is 7.22. The Hall–Kier alpha value is -2.95. The number of aryl methyl sites for hydroxylation is 3. The van der Waals surface area contributed by atoms with Gasteiger partial charge in [0.25, 0.3) is 0 Å². The van der Waals surface area contributed by atoms with Gasteiger partial charge in [-0.15, -0.1) is 11.3 Å². The fraction of sp³-hybridized carbons (Fsp3) is 0.179. The van der Waals surface area contributed by atoms with E-state index in [1.165, 1.54) is 53.6 Å². The number of ether oxygens (including phenoxy) is 1. The zero-order valence-corrected chi connectivity index (χ0v) is 20.9. The highest BCUT2D eigenvalue weighted by atomic mass is 32.1. The first kappa shape index (κ1) is 19.7.